The van der Waals surface area contributed by atoms with Crippen molar-refractivity contribution in [2.24, 2.45) is 5.92 Å². The molecular formula is C13H11F2N3OS. The second-order valence-corrected chi connectivity index (χ2v) is 5.65. The van der Waals surface area contributed by atoms with Gasteiger partial charge in [0, 0.05) is 11.5 Å². The summed E-state index contributed by atoms with van der Waals surface area (Å²) in [5, 5.41) is 3.18. The molecule has 20 heavy (non-hydrogen) atoms. The lowest BCUT2D eigenvalue weighted by atomic mass is 10.1. The molecule has 1 aromatic carbocycles. The third-order valence-corrected chi connectivity index (χ3v) is 3.82. The number of nitrogens with one attached hydrogen (secondary N) is 1. The van der Waals surface area contributed by atoms with Gasteiger partial charge in [-0.15, -0.1) is 0 Å². The normalized spacial score (nSPS) is 14.3. The van der Waals surface area contributed by atoms with E-state index in [9.17, 15) is 13.6 Å². The molecule has 3 rings (SSSR count). The summed E-state index contributed by atoms with van der Waals surface area (Å²) in [5.74, 6) is -1.25. The van der Waals surface area contributed by atoms with Crippen molar-refractivity contribution in [3.8, 4) is 11.3 Å². The van der Waals surface area contributed by atoms with Crippen LogP contribution in [0.5, 0.6) is 0 Å². The van der Waals surface area contributed by atoms with Crippen molar-refractivity contribution in [2.45, 2.75) is 12.8 Å². The molecule has 1 heterocycles. The van der Waals surface area contributed by atoms with E-state index in [2.05, 4.69) is 10.3 Å². The summed E-state index contributed by atoms with van der Waals surface area (Å²) in [5.41, 5.74) is 5.92. The smallest absolute Gasteiger partial charge is 0.229 e. The predicted octanol–water partition coefficient (Wildman–Crippen LogP) is 3.02. The molecular weight excluding hydrogens is 284 g/mol. The Morgan fingerprint density at radius 1 is 1.40 bits per heavy atom. The van der Waals surface area contributed by atoms with Crippen molar-refractivity contribution in [3.05, 3.63) is 29.8 Å². The number of nitrogens with zero attached hydrogens (tertiary/aromatic N) is 1. The van der Waals surface area contributed by atoms with Gasteiger partial charge in [-0.25, -0.2) is 13.8 Å². The van der Waals surface area contributed by atoms with Crippen LogP contribution in [0.15, 0.2) is 18.2 Å². The summed E-state index contributed by atoms with van der Waals surface area (Å²) < 4.78 is 26.9. The molecule has 4 nitrogen and oxygen atoms in total. The van der Waals surface area contributed by atoms with Crippen LogP contribution in [0.4, 0.5) is 18.9 Å². The minimum atomic E-state index is -0.608. The Balaban J connectivity index is 1.91. The van der Waals surface area contributed by atoms with Gasteiger partial charge in [0.1, 0.15) is 22.3 Å². The molecule has 1 aliphatic carbocycles. The average Bonchev–Trinajstić information content (AvgIpc) is 3.18. The van der Waals surface area contributed by atoms with Gasteiger partial charge in [-0.3, -0.25) is 4.79 Å². The Bertz CT molecular complexity index is 682. The molecule has 0 atom stereocenters. The molecule has 0 unspecified atom stereocenters. The fourth-order valence-electron chi connectivity index (χ4n) is 1.81. The van der Waals surface area contributed by atoms with E-state index in [4.69, 9.17) is 5.73 Å². The van der Waals surface area contributed by atoms with Gasteiger partial charge in [0.2, 0.25) is 5.91 Å². The average molecular weight is 295 g/mol. The minimum Gasteiger partial charge on any atom is -0.389 e. The maximum absolute atomic E-state index is 13.7. The molecule has 1 amide bonds. The highest BCUT2D eigenvalue weighted by atomic mass is 32.1. The van der Waals surface area contributed by atoms with Crippen molar-refractivity contribution in [1.82, 2.24) is 4.98 Å². The van der Waals surface area contributed by atoms with Gasteiger partial charge in [-0.1, -0.05) is 11.3 Å². The van der Waals surface area contributed by atoms with Gasteiger partial charge in [0.15, 0.2) is 5.13 Å². The first kappa shape index (κ1) is 13.0. The molecule has 3 N–H and O–H groups in total. The Labute approximate surface area is 117 Å². The van der Waals surface area contributed by atoms with E-state index in [1.54, 1.807) is 0 Å². The minimum absolute atomic E-state index is 0.00864. The summed E-state index contributed by atoms with van der Waals surface area (Å²) in [4.78, 5) is 15.7. The molecule has 1 aliphatic rings. The molecule has 1 fully saturated rings. The summed E-state index contributed by atoms with van der Waals surface area (Å²) in [6, 6.07) is 3.08. The highest BCUT2D eigenvalue weighted by Gasteiger charge is 2.30. The molecule has 0 aliphatic heterocycles. The van der Waals surface area contributed by atoms with E-state index in [0.29, 0.717) is 5.13 Å². The van der Waals surface area contributed by atoms with Crippen LogP contribution >= 0.6 is 11.3 Å². The van der Waals surface area contributed by atoms with Gasteiger partial charge in [-0.2, -0.15) is 0 Å². The van der Waals surface area contributed by atoms with Crippen LogP contribution in [-0.2, 0) is 4.79 Å². The van der Waals surface area contributed by atoms with E-state index in [0.717, 1.165) is 42.4 Å². The third-order valence-electron chi connectivity index (χ3n) is 3.02. The van der Waals surface area contributed by atoms with Crippen molar-refractivity contribution in [2.75, 3.05) is 11.1 Å². The van der Waals surface area contributed by atoms with E-state index < -0.39 is 11.6 Å². The van der Waals surface area contributed by atoms with Crippen LogP contribution in [0, 0.1) is 17.6 Å². The second-order valence-electron chi connectivity index (χ2n) is 4.62. The Kier molecular flexibility index (Phi) is 3.13. The first-order chi connectivity index (χ1) is 9.54. The number of nitrogens with two attached hydrogens (primary N) is 1. The number of amides is 1. The van der Waals surface area contributed by atoms with Gasteiger partial charge in [0.25, 0.3) is 0 Å². The van der Waals surface area contributed by atoms with E-state index in [-0.39, 0.29) is 28.1 Å². The number of halogens is 2. The lowest BCUT2D eigenvalue weighted by molar-refractivity contribution is -0.117. The number of benzene rings is 1. The topological polar surface area (TPSA) is 68.0 Å². The largest absolute Gasteiger partial charge is 0.389 e. The summed E-state index contributed by atoms with van der Waals surface area (Å²) in [7, 11) is 0. The Morgan fingerprint density at radius 3 is 2.85 bits per heavy atom. The monoisotopic (exact) mass is 295 g/mol. The fourth-order valence-corrected chi connectivity index (χ4v) is 2.56. The number of rotatable bonds is 3. The van der Waals surface area contributed by atoms with Crippen LogP contribution in [0.2, 0.25) is 0 Å². The third kappa shape index (κ3) is 2.49. The number of anilines is 2. The second kappa shape index (κ2) is 4.82. The Hall–Kier alpha value is -2.02. The first-order valence-electron chi connectivity index (χ1n) is 6.07. The molecule has 0 bridgehead atoms. The molecule has 1 saturated carbocycles. The van der Waals surface area contributed by atoms with Crippen molar-refractivity contribution < 1.29 is 13.6 Å². The molecule has 2 aromatic rings. The summed E-state index contributed by atoms with van der Waals surface area (Å²) in [6.45, 7) is 0. The van der Waals surface area contributed by atoms with Crippen molar-refractivity contribution in [1.29, 1.82) is 0 Å². The zero-order chi connectivity index (χ0) is 14.3. The number of carbonyl (C=O) groups is 1. The first-order valence-corrected chi connectivity index (χ1v) is 6.89. The zero-order valence-corrected chi connectivity index (χ0v) is 11.1. The van der Waals surface area contributed by atoms with Crippen LogP contribution in [-0.4, -0.2) is 10.9 Å². The number of nitrogen functional groups attached to an aromatic ring is 1. The van der Waals surface area contributed by atoms with Gasteiger partial charge >= 0.3 is 0 Å². The number of carbonyl (C=O) groups excluding carboxylic acids is 1. The lowest BCUT2D eigenvalue weighted by Crippen LogP contribution is -2.12. The highest BCUT2D eigenvalue weighted by molar-refractivity contribution is 7.20. The van der Waals surface area contributed by atoms with Crippen LogP contribution in [0.1, 0.15) is 12.8 Å². The van der Waals surface area contributed by atoms with E-state index >= 15 is 0 Å². The maximum atomic E-state index is 13.7. The van der Waals surface area contributed by atoms with Crippen molar-refractivity contribution >= 4 is 27.4 Å². The van der Waals surface area contributed by atoms with Gasteiger partial charge in [0.05, 0.1) is 0 Å². The number of thiazole rings is 1. The van der Waals surface area contributed by atoms with E-state index in [1.165, 1.54) is 0 Å². The molecule has 1 aromatic heterocycles. The van der Waals surface area contributed by atoms with Crippen LogP contribution in [0.3, 0.4) is 0 Å². The number of hydrogen-bond acceptors (Lipinski definition) is 4. The van der Waals surface area contributed by atoms with E-state index in [1.807, 2.05) is 0 Å². The van der Waals surface area contributed by atoms with Gasteiger partial charge in [-0.05, 0) is 31.0 Å². The predicted molar refractivity (Wildman–Crippen MR) is 73.2 cm³/mol. The highest BCUT2D eigenvalue weighted by Crippen LogP contribution is 2.36. The zero-order valence-electron chi connectivity index (χ0n) is 10.3. The molecule has 7 heteroatoms. The lowest BCUT2D eigenvalue weighted by Gasteiger charge is -2.01. The standard InChI is InChI=1S/C13H11F2N3OS/c14-7-3-4-9(15)8(5-7)10-11(16)20-13(17-10)18-12(19)6-1-2-6/h3-6H,1-2,16H2,(H,17,18,19). The summed E-state index contributed by atoms with van der Waals surface area (Å²) >= 11 is 1.04. The fraction of sp³-hybridized carbons (Fsp3) is 0.231. The summed E-state index contributed by atoms with van der Waals surface area (Å²) in [6.07, 6.45) is 1.75. The molecule has 0 spiro atoms. The molecule has 0 radical (unpaired) electrons. The number of aromatic nitrogens is 1. The van der Waals surface area contributed by atoms with Gasteiger partial charge < -0.3 is 11.1 Å². The molecule has 0 saturated heterocycles. The maximum Gasteiger partial charge on any atom is 0.229 e. The number of hydrogen-bond donors (Lipinski definition) is 2. The Morgan fingerprint density at radius 2 is 2.15 bits per heavy atom. The van der Waals surface area contributed by atoms with Crippen LogP contribution in [0.25, 0.3) is 11.3 Å². The molecule has 104 valence electrons. The SMILES string of the molecule is Nc1sc(NC(=O)C2CC2)nc1-c1cc(F)ccc1F. The quantitative estimate of drug-likeness (QED) is 0.914. The van der Waals surface area contributed by atoms with Crippen LogP contribution < -0.4 is 11.1 Å². The van der Waals surface area contributed by atoms with Crippen molar-refractivity contribution in [3.63, 3.8) is 0 Å².